The van der Waals surface area contributed by atoms with E-state index in [1.165, 1.54) is 12.0 Å². The SMILES string of the molecule is C[C@H]1CC(=O)CC[C@]2(C)C(OCc3ccccc3)CC[C@@H]12. The van der Waals surface area contributed by atoms with Gasteiger partial charge in [0.05, 0.1) is 12.7 Å². The lowest BCUT2D eigenvalue weighted by Gasteiger charge is -2.37. The monoisotopic (exact) mass is 286 g/mol. The molecule has 0 heterocycles. The third kappa shape index (κ3) is 2.91. The fourth-order valence-electron chi connectivity index (χ4n) is 4.57. The molecule has 1 aromatic rings. The number of rotatable bonds is 3. The van der Waals surface area contributed by atoms with E-state index >= 15 is 0 Å². The van der Waals surface area contributed by atoms with Crippen molar-refractivity contribution < 1.29 is 9.53 Å². The zero-order chi connectivity index (χ0) is 14.9. The lowest BCUT2D eigenvalue weighted by Crippen LogP contribution is -2.35. The van der Waals surface area contributed by atoms with Gasteiger partial charge in [-0.25, -0.2) is 0 Å². The van der Waals surface area contributed by atoms with Gasteiger partial charge in [-0.3, -0.25) is 4.79 Å². The molecule has 0 aliphatic heterocycles. The van der Waals surface area contributed by atoms with Crippen LogP contribution in [0.25, 0.3) is 0 Å². The number of hydrogen-bond donors (Lipinski definition) is 0. The normalized spacial score (nSPS) is 36.3. The fourth-order valence-corrected chi connectivity index (χ4v) is 4.57. The highest BCUT2D eigenvalue weighted by Gasteiger charge is 2.50. The second-order valence-electron chi connectivity index (χ2n) is 7.19. The van der Waals surface area contributed by atoms with E-state index in [1.807, 2.05) is 6.07 Å². The highest BCUT2D eigenvalue weighted by Crippen LogP contribution is 2.53. The molecule has 3 rings (SSSR count). The number of carbonyl (C=O) groups excluding carboxylic acids is 1. The zero-order valence-electron chi connectivity index (χ0n) is 13.2. The molecule has 0 spiro atoms. The summed E-state index contributed by atoms with van der Waals surface area (Å²) in [4.78, 5) is 11.9. The summed E-state index contributed by atoms with van der Waals surface area (Å²) < 4.78 is 6.29. The first-order valence-corrected chi connectivity index (χ1v) is 8.27. The van der Waals surface area contributed by atoms with Crippen molar-refractivity contribution in [2.24, 2.45) is 17.3 Å². The van der Waals surface area contributed by atoms with Crippen LogP contribution < -0.4 is 0 Å². The van der Waals surface area contributed by atoms with Gasteiger partial charge >= 0.3 is 0 Å². The molecule has 2 aliphatic carbocycles. The van der Waals surface area contributed by atoms with Crippen molar-refractivity contribution in [1.82, 2.24) is 0 Å². The summed E-state index contributed by atoms with van der Waals surface area (Å²) in [5.41, 5.74) is 1.42. The summed E-state index contributed by atoms with van der Waals surface area (Å²) in [6.45, 7) is 5.30. The Morgan fingerprint density at radius 2 is 2.00 bits per heavy atom. The molecule has 0 radical (unpaired) electrons. The first kappa shape index (κ1) is 14.8. The van der Waals surface area contributed by atoms with Crippen LogP contribution in [-0.2, 0) is 16.1 Å². The summed E-state index contributed by atoms with van der Waals surface area (Å²) in [6, 6.07) is 10.4. The van der Waals surface area contributed by atoms with E-state index in [0.29, 0.717) is 30.3 Å². The Hall–Kier alpha value is -1.15. The van der Waals surface area contributed by atoms with Crippen LogP contribution in [0.15, 0.2) is 30.3 Å². The molecule has 0 saturated heterocycles. The molecular formula is C19H26O2. The second-order valence-corrected chi connectivity index (χ2v) is 7.19. The van der Waals surface area contributed by atoms with E-state index in [1.54, 1.807) is 0 Å². The molecule has 114 valence electrons. The van der Waals surface area contributed by atoms with E-state index < -0.39 is 0 Å². The van der Waals surface area contributed by atoms with Gasteiger partial charge in [0, 0.05) is 12.8 Å². The molecule has 2 fully saturated rings. The van der Waals surface area contributed by atoms with E-state index in [-0.39, 0.29) is 5.41 Å². The Labute approximate surface area is 127 Å². The number of ketones is 1. The van der Waals surface area contributed by atoms with Gasteiger partial charge in [0.2, 0.25) is 0 Å². The predicted octanol–water partition coefficient (Wildman–Crippen LogP) is 4.38. The van der Waals surface area contributed by atoms with Gasteiger partial charge in [0.15, 0.2) is 0 Å². The molecule has 2 aliphatic rings. The van der Waals surface area contributed by atoms with Crippen molar-refractivity contribution in [3.05, 3.63) is 35.9 Å². The number of benzene rings is 1. The minimum Gasteiger partial charge on any atom is -0.373 e. The van der Waals surface area contributed by atoms with Gasteiger partial charge in [0.25, 0.3) is 0 Å². The smallest absolute Gasteiger partial charge is 0.133 e. The van der Waals surface area contributed by atoms with E-state index in [4.69, 9.17) is 4.74 Å². The molecule has 4 atom stereocenters. The summed E-state index contributed by atoms with van der Waals surface area (Å²) >= 11 is 0. The third-order valence-electron chi connectivity index (χ3n) is 5.80. The number of ether oxygens (including phenoxy) is 1. The highest BCUT2D eigenvalue weighted by atomic mass is 16.5. The molecular weight excluding hydrogens is 260 g/mol. The van der Waals surface area contributed by atoms with Crippen molar-refractivity contribution >= 4 is 5.78 Å². The highest BCUT2D eigenvalue weighted by molar-refractivity contribution is 5.79. The third-order valence-corrected chi connectivity index (χ3v) is 5.80. The molecule has 2 heteroatoms. The van der Waals surface area contributed by atoms with E-state index in [0.717, 1.165) is 25.7 Å². The Balaban J connectivity index is 1.70. The zero-order valence-corrected chi connectivity index (χ0v) is 13.2. The van der Waals surface area contributed by atoms with Crippen molar-refractivity contribution in [3.8, 4) is 0 Å². The van der Waals surface area contributed by atoms with Crippen molar-refractivity contribution in [2.45, 2.75) is 58.7 Å². The van der Waals surface area contributed by atoms with Crippen LogP contribution in [0.1, 0.15) is 51.5 Å². The molecule has 2 saturated carbocycles. The summed E-state index contributed by atoms with van der Waals surface area (Å²) in [6.07, 6.45) is 5.17. The second kappa shape index (κ2) is 5.92. The molecule has 1 unspecified atom stereocenters. The Morgan fingerprint density at radius 1 is 1.24 bits per heavy atom. The first-order valence-electron chi connectivity index (χ1n) is 8.27. The number of fused-ring (bicyclic) bond motifs is 1. The quantitative estimate of drug-likeness (QED) is 0.824. The molecule has 0 amide bonds. The van der Waals surface area contributed by atoms with E-state index in [2.05, 4.69) is 38.1 Å². The molecule has 0 N–H and O–H groups in total. The standard InChI is InChI=1S/C19H26O2/c1-14-12-16(20)10-11-19(2)17(14)8-9-18(19)21-13-15-6-4-3-5-7-15/h3-7,14,17-18H,8-13H2,1-2H3/t14-,17-,18?,19-/m0/s1. The number of carbonyl (C=O) groups is 1. The van der Waals surface area contributed by atoms with Gasteiger partial charge < -0.3 is 4.74 Å². The first-order chi connectivity index (χ1) is 10.1. The van der Waals surface area contributed by atoms with Gasteiger partial charge in [-0.05, 0) is 42.1 Å². The Morgan fingerprint density at radius 3 is 2.76 bits per heavy atom. The van der Waals surface area contributed by atoms with E-state index in [9.17, 15) is 4.79 Å². The van der Waals surface area contributed by atoms with Crippen LogP contribution in [0.5, 0.6) is 0 Å². The largest absolute Gasteiger partial charge is 0.373 e. The van der Waals surface area contributed by atoms with Gasteiger partial charge in [-0.1, -0.05) is 44.2 Å². The van der Waals surface area contributed by atoms with Crippen LogP contribution >= 0.6 is 0 Å². The predicted molar refractivity (Wildman–Crippen MR) is 83.9 cm³/mol. The van der Waals surface area contributed by atoms with Crippen LogP contribution in [-0.4, -0.2) is 11.9 Å². The fraction of sp³-hybridized carbons (Fsp3) is 0.632. The van der Waals surface area contributed by atoms with Crippen LogP contribution in [0.4, 0.5) is 0 Å². The maximum atomic E-state index is 11.9. The minimum absolute atomic E-state index is 0.181. The van der Waals surface area contributed by atoms with Gasteiger partial charge in [0.1, 0.15) is 5.78 Å². The van der Waals surface area contributed by atoms with Crippen molar-refractivity contribution in [2.75, 3.05) is 0 Å². The number of hydrogen-bond acceptors (Lipinski definition) is 2. The minimum atomic E-state index is 0.181. The summed E-state index contributed by atoms with van der Waals surface area (Å²) in [5, 5.41) is 0. The van der Waals surface area contributed by atoms with Crippen LogP contribution in [0, 0.1) is 17.3 Å². The lowest BCUT2D eigenvalue weighted by molar-refractivity contribution is -0.119. The molecule has 1 aromatic carbocycles. The van der Waals surface area contributed by atoms with Gasteiger partial charge in [-0.2, -0.15) is 0 Å². The van der Waals surface area contributed by atoms with Crippen LogP contribution in [0.3, 0.4) is 0 Å². The molecule has 2 nitrogen and oxygen atoms in total. The number of Topliss-reactive ketones (excluding diaryl/α,β-unsaturated/α-hetero) is 1. The maximum Gasteiger partial charge on any atom is 0.133 e. The van der Waals surface area contributed by atoms with Gasteiger partial charge in [-0.15, -0.1) is 0 Å². The molecule has 0 aromatic heterocycles. The topological polar surface area (TPSA) is 26.3 Å². The van der Waals surface area contributed by atoms with Crippen molar-refractivity contribution in [3.63, 3.8) is 0 Å². The maximum absolute atomic E-state index is 11.9. The molecule has 0 bridgehead atoms. The molecule has 21 heavy (non-hydrogen) atoms. The Kier molecular flexibility index (Phi) is 4.17. The summed E-state index contributed by atoms with van der Waals surface area (Å²) in [5.74, 6) is 1.60. The average Bonchev–Trinajstić information content (AvgIpc) is 2.76. The van der Waals surface area contributed by atoms with Crippen molar-refractivity contribution in [1.29, 1.82) is 0 Å². The Bertz CT molecular complexity index is 496. The average molecular weight is 286 g/mol. The summed E-state index contributed by atoms with van der Waals surface area (Å²) in [7, 11) is 0. The van der Waals surface area contributed by atoms with Crippen LogP contribution in [0.2, 0.25) is 0 Å². The lowest BCUT2D eigenvalue weighted by atomic mass is 9.71.